The number of alkyl halides is 1. The molecule has 0 aliphatic carbocycles. The van der Waals surface area contributed by atoms with Crippen LogP contribution in [0.4, 0.5) is 0 Å². The van der Waals surface area contributed by atoms with Crippen molar-refractivity contribution in [2.45, 2.75) is 45.5 Å². The van der Waals surface area contributed by atoms with Crippen LogP contribution in [-0.4, -0.2) is 15.0 Å². The van der Waals surface area contributed by atoms with Crippen molar-refractivity contribution in [3.05, 3.63) is 11.4 Å². The molecular weight excluding hydrogens is 186 g/mol. The summed E-state index contributed by atoms with van der Waals surface area (Å²) in [4.78, 5) is 0. The second kappa shape index (κ2) is 4.61. The summed E-state index contributed by atoms with van der Waals surface area (Å²) in [5.74, 6) is 0.450. The predicted octanol–water partition coefficient (Wildman–Crippen LogP) is 2.69. The van der Waals surface area contributed by atoms with Gasteiger partial charge in [-0.1, -0.05) is 19.1 Å². The van der Waals surface area contributed by atoms with E-state index in [-0.39, 0.29) is 0 Å². The molecule has 0 radical (unpaired) electrons. The minimum Gasteiger partial charge on any atom is -0.246 e. The molecule has 13 heavy (non-hydrogen) atoms. The van der Waals surface area contributed by atoms with Gasteiger partial charge in [-0.15, -0.1) is 16.7 Å². The van der Waals surface area contributed by atoms with Crippen molar-refractivity contribution < 1.29 is 0 Å². The standard InChI is InChI=1S/C9H16ClN3/c1-4-8(5-2)13-7(3)9(6-10)11-12-13/h8H,4-6H2,1-3H3. The van der Waals surface area contributed by atoms with Crippen molar-refractivity contribution in [1.82, 2.24) is 15.0 Å². The predicted molar refractivity (Wildman–Crippen MR) is 53.9 cm³/mol. The summed E-state index contributed by atoms with van der Waals surface area (Å²) >= 11 is 5.72. The Bertz CT molecular complexity index is 266. The third-order valence-corrected chi connectivity index (χ3v) is 2.69. The molecule has 0 atom stereocenters. The molecule has 0 amide bonds. The third kappa shape index (κ3) is 2.02. The minimum atomic E-state index is 0.450. The van der Waals surface area contributed by atoms with Gasteiger partial charge < -0.3 is 0 Å². The number of halogens is 1. The molecule has 3 nitrogen and oxygen atoms in total. The van der Waals surface area contributed by atoms with Gasteiger partial charge in [0, 0.05) is 0 Å². The SMILES string of the molecule is CCC(CC)n1nnc(CCl)c1C. The van der Waals surface area contributed by atoms with E-state index in [0.29, 0.717) is 11.9 Å². The Balaban J connectivity index is 2.93. The second-order valence-corrected chi connectivity index (χ2v) is 3.44. The first-order valence-electron chi connectivity index (χ1n) is 4.71. The third-order valence-electron chi connectivity index (χ3n) is 2.44. The molecule has 0 aliphatic rings. The highest BCUT2D eigenvalue weighted by Gasteiger charge is 2.13. The van der Waals surface area contributed by atoms with Gasteiger partial charge in [-0.05, 0) is 19.8 Å². The molecule has 1 heterocycles. The summed E-state index contributed by atoms with van der Waals surface area (Å²) in [6.45, 7) is 6.35. The Kier molecular flexibility index (Phi) is 3.72. The molecule has 0 bridgehead atoms. The Labute approximate surface area is 84.1 Å². The fourth-order valence-electron chi connectivity index (χ4n) is 1.48. The first-order chi connectivity index (χ1) is 6.24. The Morgan fingerprint density at radius 3 is 2.38 bits per heavy atom. The van der Waals surface area contributed by atoms with Gasteiger partial charge in [0.15, 0.2) is 0 Å². The van der Waals surface area contributed by atoms with Crippen LogP contribution in [0.2, 0.25) is 0 Å². The summed E-state index contributed by atoms with van der Waals surface area (Å²) in [5, 5.41) is 8.14. The zero-order valence-electron chi connectivity index (χ0n) is 8.42. The molecule has 74 valence electrons. The van der Waals surface area contributed by atoms with Crippen LogP contribution in [0, 0.1) is 6.92 Å². The molecule has 0 saturated carbocycles. The van der Waals surface area contributed by atoms with Crippen LogP contribution in [0.5, 0.6) is 0 Å². The Morgan fingerprint density at radius 1 is 1.38 bits per heavy atom. The number of nitrogens with zero attached hydrogens (tertiary/aromatic N) is 3. The zero-order chi connectivity index (χ0) is 9.84. The number of hydrogen-bond acceptors (Lipinski definition) is 2. The topological polar surface area (TPSA) is 30.7 Å². The van der Waals surface area contributed by atoms with Crippen LogP contribution in [0.3, 0.4) is 0 Å². The lowest BCUT2D eigenvalue weighted by atomic mass is 10.1. The van der Waals surface area contributed by atoms with Gasteiger partial charge in [-0.2, -0.15) is 0 Å². The summed E-state index contributed by atoms with van der Waals surface area (Å²) < 4.78 is 1.98. The van der Waals surface area contributed by atoms with Crippen LogP contribution < -0.4 is 0 Å². The van der Waals surface area contributed by atoms with Crippen molar-refractivity contribution in [3.63, 3.8) is 0 Å². The highest BCUT2D eigenvalue weighted by atomic mass is 35.5. The molecule has 0 fully saturated rings. The summed E-state index contributed by atoms with van der Waals surface area (Å²) in [6.07, 6.45) is 2.17. The van der Waals surface area contributed by atoms with Gasteiger partial charge in [-0.3, -0.25) is 0 Å². The summed E-state index contributed by atoms with van der Waals surface area (Å²) in [6, 6.07) is 0.462. The highest BCUT2D eigenvalue weighted by molar-refractivity contribution is 6.16. The highest BCUT2D eigenvalue weighted by Crippen LogP contribution is 2.18. The molecule has 1 aromatic rings. The molecular formula is C9H16ClN3. The van der Waals surface area contributed by atoms with Gasteiger partial charge in [0.1, 0.15) is 5.69 Å². The van der Waals surface area contributed by atoms with Gasteiger partial charge in [0.05, 0.1) is 17.6 Å². The first-order valence-corrected chi connectivity index (χ1v) is 5.24. The van der Waals surface area contributed by atoms with E-state index in [0.717, 1.165) is 24.2 Å². The fourth-order valence-corrected chi connectivity index (χ4v) is 1.73. The van der Waals surface area contributed by atoms with E-state index in [1.165, 1.54) is 0 Å². The van der Waals surface area contributed by atoms with Crippen LogP contribution in [0.25, 0.3) is 0 Å². The van der Waals surface area contributed by atoms with Crippen molar-refractivity contribution in [2.24, 2.45) is 0 Å². The van der Waals surface area contributed by atoms with E-state index < -0.39 is 0 Å². The van der Waals surface area contributed by atoms with Crippen LogP contribution in [0.1, 0.15) is 44.1 Å². The van der Waals surface area contributed by atoms with Crippen molar-refractivity contribution in [1.29, 1.82) is 0 Å². The lowest BCUT2D eigenvalue weighted by Crippen LogP contribution is -2.10. The number of aromatic nitrogens is 3. The fraction of sp³-hybridized carbons (Fsp3) is 0.778. The van der Waals surface area contributed by atoms with E-state index in [1.807, 2.05) is 11.6 Å². The van der Waals surface area contributed by atoms with Gasteiger partial charge in [0.25, 0.3) is 0 Å². The lowest BCUT2D eigenvalue weighted by Gasteiger charge is -2.13. The molecule has 0 aromatic carbocycles. The Hall–Kier alpha value is -0.570. The number of hydrogen-bond donors (Lipinski definition) is 0. The van der Waals surface area contributed by atoms with E-state index in [4.69, 9.17) is 11.6 Å². The quantitative estimate of drug-likeness (QED) is 0.702. The largest absolute Gasteiger partial charge is 0.246 e. The number of rotatable bonds is 4. The first kappa shape index (κ1) is 10.5. The van der Waals surface area contributed by atoms with Crippen LogP contribution >= 0.6 is 11.6 Å². The summed E-state index contributed by atoms with van der Waals surface area (Å²) in [7, 11) is 0. The normalized spacial score (nSPS) is 11.2. The monoisotopic (exact) mass is 201 g/mol. The maximum absolute atomic E-state index is 5.72. The van der Waals surface area contributed by atoms with Crippen LogP contribution in [0.15, 0.2) is 0 Å². The molecule has 4 heteroatoms. The average molecular weight is 202 g/mol. The smallest absolute Gasteiger partial charge is 0.100 e. The van der Waals surface area contributed by atoms with Crippen molar-refractivity contribution >= 4 is 11.6 Å². The van der Waals surface area contributed by atoms with Gasteiger partial charge in [-0.25, -0.2) is 4.68 Å². The van der Waals surface area contributed by atoms with Crippen molar-refractivity contribution in [3.8, 4) is 0 Å². The van der Waals surface area contributed by atoms with E-state index in [9.17, 15) is 0 Å². The van der Waals surface area contributed by atoms with Crippen LogP contribution in [-0.2, 0) is 5.88 Å². The maximum Gasteiger partial charge on any atom is 0.100 e. The van der Waals surface area contributed by atoms with Gasteiger partial charge in [0.2, 0.25) is 0 Å². The Morgan fingerprint density at radius 2 is 2.00 bits per heavy atom. The van der Waals surface area contributed by atoms with E-state index in [1.54, 1.807) is 0 Å². The minimum absolute atomic E-state index is 0.450. The lowest BCUT2D eigenvalue weighted by molar-refractivity contribution is 0.410. The second-order valence-electron chi connectivity index (χ2n) is 3.17. The molecule has 0 unspecified atom stereocenters. The average Bonchev–Trinajstić information content (AvgIpc) is 2.50. The molecule has 0 saturated heterocycles. The zero-order valence-corrected chi connectivity index (χ0v) is 9.17. The molecule has 0 N–H and O–H groups in total. The molecule has 1 aromatic heterocycles. The van der Waals surface area contributed by atoms with Gasteiger partial charge >= 0.3 is 0 Å². The maximum atomic E-state index is 5.72. The molecule has 0 aliphatic heterocycles. The molecule has 1 rings (SSSR count). The van der Waals surface area contributed by atoms with Crippen molar-refractivity contribution in [2.75, 3.05) is 0 Å². The van der Waals surface area contributed by atoms with E-state index in [2.05, 4.69) is 24.2 Å². The van der Waals surface area contributed by atoms with E-state index >= 15 is 0 Å². The summed E-state index contributed by atoms with van der Waals surface area (Å²) in [5.41, 5.74) is 2.00. The molecule has 0 spiro atoms.